The van der Waals surface area contributed by atoms with Gasteiger partial charge in [0, 0.05) is 13.6 Å². The van der Waals surface area contributed by atoms with Gasteiger partial charge in [-0.3, -0.25) is 13.9 Å². The predicted octanol–water partition coefficient (Wildman–Crippen LogP) is 4.15. The van der Waals surface area contributed by atoms with Gasteiger partial charge in [0.15, 0.2) is 0 Å². The Bertz CT molecular complexity index is 1350. The number of carbonyl (C=O) groups excluding carboxylic acids is 2. The molecule has 3 aromatic carbocycles. The quantitative estimate of drug-likeness (QED) is 0.449. The van der Waals surface area contributed by atoms with Gasteiger partial charge in [-0.05, 0) is 55.3 Å². The van der Waals surface area contributed by atoms with E-state index in [1.54, 1.807) is 25.1 Å². The molecule has 36 heavy (non-hydrogen) atoms. The minimum absolute atomic E-state index is 0.0158. The first-order chi connectivity index (χ1) is 17.1. The van der Waals surface area contributed by atoms with Crippen molar-refractivity contribution in [2.24, 2.45) is 0 Å². The fraction of sp³-hybridized carbons (Fsp3) is 0.231. The Morgan fingerprint density at radius 3 is 2.28 bits per heavy atom. The summed E-state index contributed by atoms with van der Waals surface area (Å²) in [4.78, 5) is 27.4. The van der Waals surface area contributed by atoms with Crippen LogP contribution in [0.1, 0.15) is 18.1 Å². The number of sulfonamides is 1. The minimum Gasteiger partial charge on any atom is -0.357 e. The molecular weight excluding hydrogens is 505 g/mol. The highest BCUT2D eigenvalue weighted by Gasteiger charge is 2.32. The van der Waals surface area contributed by atoms with Gasteiger partial charge < -0.3 is 10.2 Å². The number of carbonyl (C=O) groups is 2. The zero-order valence-electron chi connectivity index (χ0n) is 20.1. The number of hydrogen-bond acceptors (Lipinski definition) is 4. The van der Waals surface area contributed by atoms with E-state index >= 15 is 0 Å². The molecule has 0 aliphatic carbocycles. The maximum atomic E-state index is 13.9. The molecule has 1 N–H and O–H groups in total. The van der Waals surface area contributed by atoms with Gasteiger partial charge in [0.1, 0.15) is 18.4 Å². The Hall–Kier alpha value is -3.43. The smallest absolute Gasteiger partial charge is 0.264 e. The molecule has 3 rings (SSSR count). The lowest BCUT2D eigenvalue weighted by atomic mass is 10.1. The van der Waals surface area contributed by atoms with Crippen molar-refractivity contribution >= 4 is 39.1 Å². The van der Waals surface area contributed by atoms with E-state index in [4.69, 9.17) is 11.6 Å². The monoisotopic (exact) mass is 531 g/mol. The number of benzene rings is 3. The number of hydrogen-bond donors (Lipinski definition) is 1. The first-order valence-electron chi connectivity index (χ1n) is 11.1. The Balaban J connectivity index is 2.06. The normalized spacial score (nSPS) is 12.0. The highest BCUT2D eigenvalue weighted by molar-refractivity contribution is 7.92. The number of amides is 2. The van der Waals surface area contributed by atoms with E-state index in [1.165, 1.54) is 30.1 Å². The highest BCUT2D eigenvalue weighted by Crippen LogP contribution is 2.28. The van der Waals surface area contributed by atoms with Gasteiger partial charge >= 0.3 is 0 Å². The third-order valence-electron chi connectivity index (χ3n) is 5.82. The molecule has 0 fully saturated rings. The van der Waals surface area contributed by atoms with Gasteiger partial charge in [-0.25, -0.2) is 12.8 Å². The van der Waals surface area contributed by atoms with Crippen molar-refractivity contribution in [2.75, 3.05) is 17.9 Å². The molecule has 0 bridgehead atoms. The van der Waals surface area contributed by atoms with E-state index in [0.717, 1.165) is 27.6 Å². The molecule has 0 aliphatic heterocycles. The van der Waals surface area contributed by atoms with Crippen LogP contribution in [0, 0.1) is 12.7 Å². The van der Waals surface area contributed by atoms with Crippen LogP contribution in [0.3, 0.4) is 0 Å². The van der Waals surface area contributed by atoms with Gasteiger partial charge in [-0.1, -0.05) is 54.1 Å². The molecule has 1 atom stereocenters. The summed E-state index contributed by atoms with van der Waals surface area (Å²) in [5, 5.41) is 2.24. The molecule has 0 radical (unpaired) electrons. The van der Waals surface area contributed by atoms with Crippen LogP contribution in [0.25, 0.3) is 0 Å². The summed E-state index contributed by atoms with van der Waals surface area (Å²) in [5.74, 6) is -1.74. The average Bonchev–Trinajstić information content (AvgIpc) is 2.87. The number of anilines is 1. The molecule has 190 valence electrons. The van der Waals surface area contributed by atoms with E-state index in [0.29, 0.717) is 0 Å². The van der Waals surface area contributed by atoms with Crippen molar-refractivity contribution in [1.29, 1.82) is 0 Å². The number of likely N-dealkylation sites (N-methyl/N-ethyl adjacent to an activating group) is 1. The van der Waals surface area contributed by atoms with Crippen LogP contribution in [-0.2, 0) is 26.2 Å². The first kappa shape index (κ1) is 27.2. The largest absolute Gasteiger partial charge is 0.357 e. The van der Waals surface area contributed by atoms with Crippen molar-refractivity contribution in [2.45, 2.75) is 31.3 Å². The van der Waals surface area contributed by atoms with Crippen LogP contribution >= 0.6 is 11.6 Å². The number of rotatable bonds is 9. The SMILES string of the molecule is CNC(=O)C(C)N(Cc1ccccc1C)C(=O)CN(c1ccc(F)c(Cl)c1)S(=O)(=O)c1ccccc1. The Morgan fingerprint density at radius 1 is 1.03 bits per heavy atom. The fourth-order valence-corrected chi connectivity index (χ4v) is 5.25. The van der Waals surface area contributed by atoms with Crippen molar-refractivity contribution in [1.82, 2.24) is 10.2 Å². The number of nitrogens with zero attached hydrogens (tertiary/aromatic N) is 2. The van der Waals surface area contributed by atoms with E-state index in [9.17, 15) is 22.4 Å². The van der Waals surface area contributed by atoms with E-state index < -0.39 is 40.2 Å². The maximum absolute atomic E-state index is 13.9. The van der Waals surface area contributed by atoms with Crippen LogP contribution in [0.2, 0.25) is 5.02 Å². The van der Waals surface area contributed by atoms with E-state index in [1.807, 2.05) is 31.2 Å². The zero-order valence-corrected chi connectivity index (χ0v) is 21.7. The van der Waals surface area contributed by atoms with Crippen LogP contribution in [0.4, 0.5) is 10.1 Å². The molecule has 0 saturated carbocycles. The molecule has 7 nitrogen and oxygen atoms in total. The second kappa shape index (κ2) is 11.5. The van der Waals surface area contributed by atoms with Gasteiger partial charge in [-0.15, -0.1) is 0 Å². The van der Waals surface area contributed by atoms with Crippen LogP contribution in [-0.4, -0.2) is 44.8 Å². The summed E-state index contributed by atoms with van der Waals surface area (Å²) >= 11 is 5.94. The summed E-state index contributed by atoms with van der Waals surface area (Å²) in [6, 6.07) is 17.5. The zero-order chi connectivity index (χ0) is 26.5. The van der Waals surface area contributed by atoms with E-state index in [-0.39, 0.29) is 22.2 Å². The standard InChI is InChI=1S/C26H27ClFN3O4S/c1-18-9-7-8-10-20(18)16-30(19(2)26(33)29-3)25(32)17-31(21-13-14-24(28)23(27)15-21)36(34,35)22-11-5-4-6-12-22/h4-15,19H,16-17H2,1-3H3,(H,29,33). The molecule has 10 heteroatoms. The molecule has 0 aliphatic rings. The molecule has 2 amide bonds. The fourth-order valence-electron chi connectivity index (χ4n) is 3.65. The maximum Gasteiger partial charge on any atom is 0.264 e. The van der Waals surface area contributed by atoms with Crippen molar-refractivity contribution in [3.63, 3.8) is 0 Å². The summed E-state index contributed by atoms with van der Waals surface area (Å²) in [6.45, 7) is 2.91. The van der Waals surface area contributed by atoms with Gasteiger partial charge in [0.25, 0.3) is 10.0 Å². The third kappa shape index (κ3) is 6.03. The Kier molecular flexibility index (Phi) is 8.70. The third-order valence-corrected chi connectivity index (χ3v) is 7.89. The minimum atomic E-state index is -4.24. The van der Waals surface area contributed by atoms with Crippen LogP contribution in [0.5, 0.6) is 0 Å². The molecule has 0 aromatic heterocycles. The molecule has 0 saturated heterocycles. The molecule has 3 aromatic rings. The molecular formula is C26H27ClFN3O4S. The van der Waals surface area contributed by atoms with Gasteiger partial charge in [-0.2, -0.15) is 0 Å². The highest BCUT2D eigenvalue weighted by atomic mass is 35.5. The number of nitrogens with one attached hydrogen (secondary N) is 1. The van der Waals surface area contributed by atoms with Crippen molar-refractivity contribution < 1.29 is 22.4 Å². The number of aryl methyl sites for hydroxylation is 1. The Morgan fingerprint density at radius 2 is 1.67 bits per heavy atom. The van der Waals surface area contributed by atoms with E-state index in [2.05, 4.69) is 5.32 Å². The van der Waals surface area contributed by atoms with Crippen LogP contribution in [0.15, 0.2) is 77.7 Å². The van der Waals surface area contributed by atoms with Gasteiger partial charge in [0.2, 0.25) is 11.8 Å². The molecule has 0 heterocycles. The lowest BCUT2D eigenvalue weighted by Gasteiger charge is -2.32. The number of halogens is 2. The van der Waals surface area contributed by atoms with Crippen molar-refractivity contribution in [3.05, 3.63) is 94.8 Å². The average molecular weight is 532 g/mol. The molecule has 1 unspecified atom stereocenters. The second-order valence-corrected chi connectivity index (χ2v) is 10.4. The topological polar surface area (TPSA) is 86.8 Å². The predicted molar refractivity (Wildman–Crippen MR) is 138 cm³/mol. The van der Waals surface area contributed by atoms with Crippen LogP contribution < -0.4 is 9.62 Å². The van der Waals surface area contributed by atoms with Crippen molar-refractivity contribution in [3.8, 4) is 0 Å². The summed E-state index contributed by atoms with van der Waals surface area (Å²) in [6.07, 6.45) is 0. The lowest BCUT2D eigenvalue weighted by molar-refractivity contribution is -0.139. The summed E-state index contributed by atoms with van der Waals surface area (Å²) < 4.78 is 41.9. The first-order valence-corrected chi connectivity index (χ1v) is 13.0. The lowest BCUT2D eigenvalue weighted by Crippen LogP contribution is -2.50. The summed E-state index contributed by atoms with van der Waals surface area (Å²) in [5.41, 5.74) is 1.74. The Labute approximate surface area is 215 Å². The van der Waals surface area contributed by atoms with Gasteiger partial charge in [0.05, 0.1) is 15.6 Å². The summed E-state index contributed by atoms with van der Waals surface area (Å²) in [7, 11) is -2.78. The molecule has 0 spiro atoms. The second-order valence-electron chi connectivity index (χ2n) is 8.16.